The molecular weight excluding hydrogens is 286 g/mol. The predicted octanol–water partition coefficient (Wildman–Crippen LogP) is 4.20. The average molecular weight is 303 g/mol. The van der Waals surface area contributed by atoms with Crippen molar-refractivity contribution < 1.29 is 0 Å². The van der Waals surface area contributed by atoms with E-state index in [0.29, 0.717) is 0 Å². The SMILES string of the molecule is CNCC/C=C(/C)Cc1ccc(Br)cc1Cl. The first-order valence-electron chi connectivity index (χ1n) is 5.37. The second-order valence-electron chi connectivity index (χ2n) is 3.86. The summed E-state index contributed by atoms with van der Waals surface area (Å²) >= 11 is 9.57. The number of nitrogens with one attached hydrogen (secondary N) is 1. The standard InChI is InChI=1S/C13H17BrClN/c1-10(4-3-7-16-2)8-11-5-6-12(14)9-13(11)15/h4-6,9,16H,3,7-8H2,1-2H3/b10-4-. The third kappa shape index (κ3) is 4.69. The number of rotatable bonds is 5. The van der Waals surface area contributed by atoms with E-state index in [1.165, 1.54) is 11.1 Å². The van der Waals surface area contributed by atoms with E-state index in [0.717, 1.165) is 28.9 Å². The number of hydrogen-bond acceptors (Lipinski definition) is 1. The Balaban J connectivity index is 2.62. The van der Waals surface area contributed by atoms with Gasteiger partial charge in [0.1, 0.15) is 0 Å². The fourth-order valence-corrected chi connectivity index (χ4v) is 2.24. The Morgan fingerprint density at radius 2 is 2.25 bits per heavy atom. The fraction of sp³-hybridized carbons (Fsp3) is 0.385. The van der Waals surface area contributed by atoms with Crippen LogP contribution >= 0.6 is 27.5 Å². The molecule has 0 radical (unpaired) electrons. The Kier molecular flexibility index (Phi) is 6.10. The maximum atomic E-state index is 6.17. The van der Waals surface area contributed by atoms with Gasteiger partial charge in [0, 0.05) is 9.50 Å². The summed E-state index contributed by atoms with van der Waals surface area (Å²) in [5.41, 5.74) is 2.54. The lowest BCUT2D eigenvalue weighted by Gasteiger charge is -2.05. The molecule has 16 heavy (non-hydrogen) atoms. The Morgan fingerprint density at radius 1 is 1.50 bits per heavy atom. The normalized spacial score (nSPS) is 11.9. The van der Waals surface area contributed by atoms with Crippen LogP contribution in [0.4, 0.5) is 0 Å². The van der Waals surface area contributed by atoms with Gasteiger partial charge in [-0.15, -0.1) is 0 Å². The summed E-state index contributed by atoms with van der Waals surface area (Å²) in [5, 5.41) is 3.96. The first-order valence-corrected chi connectivity index (χ1v) is 6.54. The molecule has 0 amide bonds. The minimum absolute atomic E-state index is 0.829. The van der Waals surface area contributed by atoms with Crippen molar-refractivity contribution in [1.82, 2.24) is 5.32 Å². The molecule has 0 fully saturated rings. The Labute approximate surface area is 111 Å². The van der Waals surface area contributed by atoms with E-state index in [9.17, 15) is 0 Å². The van der Waals surface area contributed by atoms with Crippen molar-refractivity contribution in [3.63, 3.8) is 0 Å². The molecule has 0 heterocycles. The van der Waals surface area contributed by atoms with Crippen LogP contribution in [0.25, 0.3) is 0 Å². The van der Waals surface area contributed by atoms with Crippen molar-refractivity contribution in [3.8, 4) is 0 Å². The number of allylic oxidation sites excluding steroid dienone is 1. The molecule has 0 aliphatic rings. The molecular formula is C13H17BrClN. The minimum atomic E-state index is 0.829. The third-order valence-corrected chi connectivity index (χ3v) is 3.22. The smallest absolute Gasteiger partial charge is 0.0452 e. The maximum absolute atomic E-state index is 6.17. The molecule has 0 aliphatic carbocycles. The van der Waals surface area contributed by atoms with E-state index in [-0.39, 0.29) is 0 Å². The highest BCUT2D eigenvalue weighted by Gasteiger charge is 2.01. The molecule has 1 aromatic carbocycles. The average Bonchev–Trinajstić information content (AvgIpc) is 2.23. The molecule has 0 aliphatic heterocycles. The number of benzene rings is 1. The van der Waals surface area contributed by atoms with Gasteiger partial charge in [-0.05, 0) is 51.1 Å². The second-order valence-corrected chi connectivity index (χ2v) is 5.18. The molecule has 1 aromatic rings. The van der Waals surface area contributed by atoms with Crippen molar-refractivity contribution in [3.05, 3.63) is 44.9 Å². The van der Waals surface area contributed by atoms with Gasteiger partial charge in [-0.2, -0.15) is 0 Å². The van der Waals surface area contributed by atoms with Crippen molar-refractivity contribution in [2.24, 2.45) is 0 Å². The van der Waals surface area contributed by atoms with E-state index >= 15 is 0 Å². The zero-order valence-corrected chi connectivity index (χ0v) is 12.0. The van der Waals surface area contributed by atoms with Crippen LogP contribution in [0.2, 0.25) is 5.02 Å². The molecule has 0 atom stereocenters. The van der Waals surface area contributed by atoms with Crippen LogP contribution < -0.4 is 5.32 Å². The van der Waals surface area contributed by atoms with Crippen molar-refractivity contribution in [2.45, 2.75) is 19.8 Å². The topological polar surface area (TPSA) is 12.0 Å². The zero-order valence-electron chi connectivity index (χ0n) is 9.69. The van der Waals surface area contributed by atoms with E-state index in [2.05, 4.69) is 40.3 Å². The lowest BCUT2D eigenvalue weighted by Crippen LogP contribution is -2.06. The van der Waals surface area contributed by atoms with E-state index in [1.807, 2.05) is 19.2 Å². The van der Waals surface area contributed by atoms with E-state index < -0.39 is 0 Å². The number of hydrogen-bond donors (Lipinski definition) is 1. The van der Waals surface area contributed by atoms with Gasteiger partial charge in [-0.1, -0.05) is 45.2 Å². The van der Waals surface area contributed by atoms with Crippen molar-refractivity contribution >= 4 is 27.5 Å². The quantitative estimate of drug-likeness (QED) is 0.635. The minimum Gasteiger partial charge on any atom is -0.319 e. The summed E-state index contributed by atoms with van der Waals surface area (Å²) in [6.45, 7) is 3.17. The van der Waals surface area contributed by atoms with E-state index in [4.69, 9.17) is 11.6 Å². The zero-order chi connectivity index (χ0) is 12.0. The summed E-state index contributed by atoms with van der Waals surface area (Å²) in [4.78, 5) is 0. The summed E-state index contributed by atoms with van der Waals surface area (Å²) < 4.78 is 1.03. The van der Waals surface area contributed by atoms with Gasteiger partial charge in [0.2, 0.25) is 0 Å². The van der Waals surface area contributed by atoms with Gasteiger partial charge in [0.05, 0.1) is 0 Å². The van der Waals surface area contributed by atoms with Crippen LogP contribution in [-0.2, 0) is 6.42 Å². The lowest BCUT2D eigenvalue weighted by molar-refractivity contribution is 0.803. The molecule has 0 aromatic heterocycles. The highest BCUT2D eigenvalue weighted by Crippen LogP contribution is 2.23. The van der Waals surface area contributed by atoms with Gasteiger partial charge >= 0.3 is 0 Å². The highest BCUT2D eigenvalue weighted by atomic mass is 79.9. The molecule has 0 saturated heterocycles. The van der Waals surface area contributed by atoms with Gasteiger partial charge in [0.15, 0.2) is 0 Å². The molecule has 0 unspecified atom stereocenters. The fourth-order valence-electron chi connectivity index (χ4n) is 1.50. The summed E-state index contributed by atoms with van der Waals surface area (Å²) in [6, 6.07) is 6.04. The molecule has 0 bridgehead atoms. The molecule has 3 heteroatoms. The Bertz CT molecular complexity index is 374. The van der Waals surface area contributed by atoms with Gasteiger partial charge in [-0.25, -0.2) is 0 Å². The highest BCUT2D eigenvalue weighted by molar-refractivity contribution is 9.10. The molecule has 1 N–H and O–H groups in total. The molecule has 88 valence electrons. The maximum Gasteiger partial charge on any atom is 0.0452 e. The van der Waals surface area contributed by atoms with Crippen molar-refractivity contribution in [2.75, 3.05) is 13.6 Å². The van der Waals surface area contributed by atoms with Gasteiger partial charge in [0.25, 0.3) is 0 Å². The van der Waals surface area contributed by atoms with Crippen LogP contribution in [-0.4, -0.2) is 13.6 Å². The number of halogens is 2. The Hall–Kier alpha value is -0.310. The summed E-state index contributed by atoms with van der Waals surface area (Å²) in [5.74, 6) is 0. The summed E-state index contributed by atoms with van der Waals surface area (Å²) in [6.07, 6.45) is 4.25. The van der Waals surface area contributed by atoms with Gasteiger partial charge < -0.3 is 5.32 Å². The molecule has 0 saturated carbocycles. The molecule has 1 rings (SSSR count). The van der Waals surface area contributed by atoms with Crippen LogP contribution in [0.3, 0.4) is 0 Å². The van der Waals surface area contributed by atoms with E-state index in [1.54, 1.807) is 0 Å². The Morgan fingerprint density at radius 3 is 2.88 bits per heavy atom. The van der Waals surface area contributed by atoms with Crippen LogP contribution in [0.1, 0.15) is 18.9 Å². The first kappa shape index (κ1) is 13.8. The third-order valence-electron chi connectivity index (χ3n) is 2.37. The first-order chi connectivity index (χ1) is 7.63. The predicted molar refractivity (Wildman–Crippen MR) is 75.2 cm³/mol. The largest absolute Gasteiger partial charge is 0.319 e. The summed E-state index contributed by atoms with van der Waals surface area (Å²) in [7, 11) is 1.97. The molecule has 0 spiro atoms. The molecule has 1 nitrogen and oxygen atoms in total. The van der Waals surface area contributed by atoms with Crippen LogP contribution in [0.15, 0.2) is 34.3 Å². The lowest BCUT2D eigenvalue weighted by atomic mass is 10.1. The monoisotopic (exact) mass is 301 g/mol. The van der Waals surface area contributed by atoms with Crippen LogP contribution in [0.5, 0.6) is 0 Å². The second kappa shape index (κ2) is 7.10. The van der Waals surface area contributed by atoms with Crippen LogP contribution in [0, 0.1) is 0 Å². The van der Waals surface area contributed by atoms with Gasteiger partial charge in [-0.3, -0.25) is 0 Å². The van der Waals surface area contributed by atoms with Crippen molar-refractivity contribution in [1.29, 1.82) is 0 Å².